The Bertz CT molecular complexity index is 686. The summed E-state index contributed by atoms with van der Waals surface area (Å²) in [4.78, 5) is 14.6. The van der Waals surface area contributed by atoms with Crippen LogP contribution in [0.25, 0.3) is 10.6 Å². The molecule has 1 atom stereocenters. The van der Waals surface area contributed by atoms with Crippen LogP contribution in [-0.2, 0) is 9.53 Å². The molecule has 128 valence electrons. The SMILES string of the molecule is COCCN1CCC(C(=O)Nc2nnc(-c3ccc(C)cc3)s2)C1. The molecule has 7 heteroatoms. The number of aryl methyl sites for hydroxylation is 1. The van der Waals surface area contributed by atoms with E-state index in [1.165, 1.54) is 16.9 Å². The first-order valence-electron chi connectivity index (χ1n) is 8.08. The topological polar surface area (TPSA) is 67.3 Å². The highest BCUT2D eigenvalue weighted by Gasteiger charge is 2.28. The van der Waals surface area contributed by atoms with Gasteiger partial charge in [0, 0.05) is 25.8 Å². The van der Waals surface area contributed by atoms with Gasteiger partial charge in [0.05, 0.1) is 12.5 Å². The van der Waals surface area contributed by atoms with Gasteiger partial charge in [-0.3, -0.25) is 4.79 Å². The lowest BCUT2D eigenvalue weighted by Crippen LogP contribution is -2.29. The third kappa shape index (κ3) is 4.17. The average molecular weight is 346 g/mol. The summed E-state index contributed by atoms with van der Waals surface area (Å²) in [6.45, 7) is 5.33. The number of anilines is 1. The number of rotatable bonds is 6. The van der Waals surface area contributed by atoms with Crippen LogP contribution >= 0.6 is 11.3 Å². The van der Waals surface area contributed by atoms with Gasteiger partial charge in [-0.05, 0) is 19.9 Å². The number of benzene rings is 1. The predicted octanol–water partition coefficient (Wildman–Crippen LogP) is 2.42. The van der Waals surface area contributed by atoms with E-state index in [0.29, 0.717) is 11.7 Å². The third-order valence-electron chi connectivity index (χ3n) is 4.21. The number of carbonyl (C=O) groups is 1. The molecular formula is C17H22N4O2S. The zero-order valence-electron chi connectivity index (χ0n) is 14.0. The zero-order valence-corrected chi connectivity index (χ0v) is 14.8. The summed E-state index contributed by atoms with van der Waals surface area (Å²) >= 11 is 1.41. The minimum absolute atomic E-state index is 0.00795. The first-order chi connectivity index (χ1) is 11.7. The Morgan fingerprint density at radius 2 is 2.17 bits per heavy atom. The third-order valence-corrected chi connectivity index (χ3v) is 5.10. The lowest BCUT2D eigenvalue weighted by molar-refractivity contribution is -0.119. The molecule has 1 unspecified atom stereocenters. The van der Waals surface area contributed by atoms with Crippen molar-refractivity contribution in [2.24, 2.45) is 5.92 Å². The summed E-state index contributed by atoms with van der Waals surface area (Å²) in [5, 5.41) is 12.6. The van der Waals surface area contributed by atoms with Crippen LogP contribution in [0.2, 0.25) is 0 Å². The number of methoxy groups -OCH3 is 1. The number of ether oxygens (including phenoxy) is 1. The van der Waals surface area contributed by atoms with Gasteiger partial charge in [-0.15, -0.1) is 10.2 Å². The van der Waals surface area contributed by atoms with E-state index >= 15 is 0 Å². The zero-order chi connectivity index (χ0) is 16.9. The number of carbonyl (C=O) groups excluding carboxylic acids is 1. The molecule has 0 saturated carbocycles. The number of hydrogen-bond donors (Lipinski definition) is 1. The molecule has 1 aromatic heterocycles. The number of aromatic nitrogens is 2. The van der Waals surface area contributed by atoms with Crippen molar-refractivity contribution < 1.29 is 9.53 Å². The summed E-state index contributed by atoms with van der Waals surface area (Å²) in [6.07, 6.45) is 0.874. The minimum Gasteiger partial charge on any atom is -0.383 e. The maximum Gasteiger partial charge on any atom is 0.230 e. The number of nitrogens with zero attached hydrogens (tertiary/aromatic N) is 3. The van der Waals surface area contributed by atoms with E-state index in [1.54, 1.807) is 7.11 Å². The van der Waals surface area contributed by atoms with Crippen LogP contribution in [0.3, 0.4) is 0 Å². The molecule has 3 rings (SSSR count). The second kappa shape index (κ2) is 7.83. The fraction of sp³-hybridized carbons (Fsp3) is 0.471. The van der Waals surface area contributed by atoms with Gasteiger partial charge in [-0.25, -0.2) is 0 Å². The van der Waals surface area contributed by atoms with Gasteiger partial charge in [-0.1, -0.05) is 41.2 Å². The van der Waals surface area contributed by atoms with Crippen molar-refractivity contribution in [3.63, 3.8) is 0 Å². The normalized spacial score (nSPS) is 18.0. The molecule has 1 saturated heterocycles. The smallest absolute Gasteiger partial charge is 0.230 e. The Hall–Kier alpha value is -1.83. The van der Waals surface area contributed by atoms with Crippen molar-refractivity contribution in [3.8, 4) is 10.6 Å². The van der Waals surface area contributed by atoms with Crippen molar-refractivity contribution in [2.75, 3.05) is 38.7 Å². The van der Waals surface area contributed by atoms with Crippen LogP contribution in [0, 0.1) is 12.8 Å². The number of hydrogen-bond acceptors (Lipinski definition) is 6. The van der Waals surface area contributed by atoms with Crippen LogP contribution in [0.5, 0.6) is 0 Å². The summed E-state index contributed by atoms with van der Waals surface area (Å²) < 4.78 is 5.09. The Balaban J connectivity index is 1.57. The molecule has 0 aliphatic carbocycles. The average Bonchev–Trinajstić information content (AvgIpc) is 3.23. The summed E-state index contributed by atoms with van der Waals surface area (Å²) in [5.74, 6) is 0.0371. The van der Waals surface area contributed by atoms with Gasteiger partial charge in [0.1, 0.15) is 5.01 Å². The highest BCUT2D eigenvalue weighted by molar-refractivity contribution is 7.18. The Kier molecular flexibility index (Phi) is 5.55. The highest BCUT2D eigenvalue weighted by Crippen LogP contribution is 2.27. The van der Waals surface area contributed by atoms with Gasteiger partial charge in [0.25, 0.3) is 0 Å². The van der Waals surface area contributed by atoms with Gasteiger partial charge in [0.15, 0.2) is 0 Å². The van der Waals surface area contributed by atoms with Crippen LogP contribution < -0.4 is 5.32 Å². The largest absolute Gasteiger partial charge is 0.383 e. The fourth-order valence-electron chi connectivity index (χ4n) is 2.76. The molecule has 0 spiro atoms. The first-order valence-corrected chi connectivity index (χ1v) is 8.90. The van der Waals surface area contributed by atoms with Gasteiger partial charge >= 0.3 is 0 Å². The lowest BCUT2D eigenvalue weighted by Gasteiger charge is -2.14. The first kappa shape index (κ1) is 17.0. The molecule has 1 aliphatic rings. The van der Waals surface area contributed by atoms with Crippen LogP contribution in [0.1, 0.15) is 12.0 Å². The van der Waals surface area contributed by atoms with E-state index in [-0.39, 0.29) is 11.8 Å². The van der Waals surface area contributed by atoms with Crippen molar-refractivity contribution in [1.82, 2.24) is 15.1 Å². The molecular weight excluding hydrogens is 324 g/mol. The maximum atomic E-state index is 12.4. The fourth-order valence-corrected chi connectivity index (χ4v) is 3.52. The molecule has 0 radical (unpaired) electrons. The number of amides is 1. The Morgan fingerprint density at radius 3 is 2.92 bits per heavy atom. The molecule has 1 aromatic carbocycles. The van der Waals surface area contributed by atoms with E-state index in [9.17, 15) is 4.79 Å². The van der Waals surface area contributed by atoms with E-state index in [0.717, 1.165) is 36.6 Å². The highest BCUT2D eigenvalue weighted by atomic mass is 32.1. The molecule has 6 nitrogen and oxygen atoms in total. The van der Waals surface area contributed by atoms with E-state index in [1.807, 2.05) is 31.2 Å². The standard InChI is InChI=1S/C17H22N4O2S/c1-12-3-5-13(6-4-12)16-19-20-17(24-16)18-15(22)14-7-8-21(11-14)9-10-23-2/h3-6,14H,7-11H2,1-2H3,(H,18,20,22). The molecule has 24 heavy (non-hydrogen) atoms. The minimum atomic E-state index is 0.00795. The Morgan fingerprint density at radius 1 is 1.38 bits per heavy atom. The van der Waals surface area contributed by atoms with Crippen LogP contribution in [0.15, 0.2) is 24.3 Å². The van der Waals surface area contributed by atoms with Gasteiger partial charge in [0.2, 0.25) is 11.0 Å². The van der Waals surface area contributed by atoms with Gasteiger partial charge in [-0.2, -0.15) is 0 Å². The summed E-state index contributed by atoms with van der Waals surface area (Å²) in [5.41, 5.74) is 2.22. The molecule has 2 aromatic rings. The van der Waals surface area contributed by atoms with Crippen LogP contribution in [0.4, 0.5) is 5.13 Å². The predicted molar refractivity (Wildman–Crippen MR) is 95.1 cm³/mol. The molecule has 1 amide bonds. The molecule has 1 aliphatic heterocycles. The summed E-state index contributed by atoms with van der Waals surface area (Å²) in [6, 6.07) is 8.13. The van der Waals surface area contributed by atoms with Crippen molar-refractivity contribution in [3.05, 3.63) is 29.8 Å². The molecule has 0 bridgehead atoms. The van der Waals surface area contributed by atoms with E-state index < -0.39 is 0 Å². The quantitative estimate of drug-likeness (QED) is 0.870. The second-order valence-corrected chi connectivity index (χ2v) is 7.02. The maximum absolute atomic E-state index is 12.4. The van der Waals surface area contributed by atoms with Crippen molar-refractivity contribution in [2.45, 2.75) is 13.3 Å². The number of likely N-dealkylation sites (tertiary alicyclic amines) is 1. The molecule has 1 N–H and O–H groups in total. The second-order valence-electron chi connectivity index (χ2n) is 6.05. The van der Waals surface area contributed by atoms with Crippen molar-refractivity contribution >= 4 is 22.4 Å². The molecule has 1 fully saturated rings. The lowest BCUT2D eigenvalue weighted by atomic mass is 10.1. The van der Waals surface area contributed by atoms with Crippen molar-refractivity contribution in [1.29, 1.82) is 0 Å². The van der Waals surface area contributed by atoms with Gasteiger partial charge < -0.3 is 15.0 Å². The molecule has 2 heterocycles. The number of nitrogens with one attached hydrogen (secondary N) is 1. The summed E-state index contributed by atoms with van der Waals surface area (Å²) in [7, 11) is 1.70. The Labute approximate surface area is 145 Å². The van der Waals surface area contributed by atoms with E-state index in [4.69, 9.17) is 4.74 Å². The van der Waals surface area contributed by atoms with E-state index in [2.05, 4.69) is 20.4 Å². The van der Waals surface area contributed by atoms with Crippen LogP contribution in [-0.4, -0.2) is 54.4 Å². The monoisotopic (exact) mass is 346 g/mol.